The Bertz CT molecular complexity index is 1400. The summed E-state index contributed by atoms with van der Waals surface area (Å²) in [7, 11) is 1.72. The van der Waals surface area contributed by atoms with Gasteiger partial charge in [0.1, 0.15) is 22.9 Å². The van der Waals surface area contributed by atoms with Crippen LogP contribution < -0.4 is 15.0 Å². The third-order valence-electron chi connectivity index (χ3n) is 7.98. The van der Waals surface area contributed by atoms with E-state index in [1.54, 1.807) is 7.11 Å². The average Bonchev–Trinajstić information content (AvgIpc) is 3.65. The number of ether oxygens (including phenoxy) is 1. The monoisotopic (exact) mass is 509 g/mol. The smallest absolute Gasteiger partial charge is 0.241 e. The summed E-state index contributed by atoms with van der Waals surface area (Å²) in [5, 5.41) is 3.44. The fourth-order valence-electron chi connectivity index (χ4n) is 5.89. The number of hydrogen-bond acceptors (Lipinski definition) is 5. The second-order valence-electron chi connectivity index (χ2n) is 10.2. The Morgan fingerprint density at radius 3 is 2.45 bits per heavy atom. The molecule has 2 aromatic carbocycles. The number of nitrogens with one attached hydrogen (secondary N) is 1. The van der Waals surface area contributed by atoms with Crippen LogP contribution in [-0.4, -0.2) is 60.0 Å². The number of carbonyl (C=O) groups is 1. The minimum Gasteiger partial charge on any atom is -0.496 e. The molecule has 0 saturated carbocycles. The van der Waals surface area contributed by atoms with Crippen molar-refractivity contribution in [3.05, 3.63) is 78.5 Å². The molecule has 6 rings (SSSR count). The van der Waals surface area contributed by atoms with Gasteiger partial charge in [-0.1, -0.05) is 36.4 Å². The van der Waals surface area contributed by atoms with Crippen molar-refractivity contribution in [3.8, 4) is 17.0 Å². The molecule has 4 heterocycles. The van der Waals surface area contributed by atoms with Gasteiger partial charge in [0.25, 0.3) is 0 Å². The van der Waals surface area contributed by atoms with Gasteiger partial charge in [0, 0.05) is 43.6 Å². The van der Waals surface area contributed by atoms with E-state index in [9.17, 15) is 4.79 Å². The Hall–Kier alpha value is -4.00. The number of benzene rings is 2. The lowest BCUT2D eigenvalue weighted by atomic mass is 9.89. The van der Waals surface area contributed by atoms with Crippen molar-refractivity contribution in [3.63, 3.8) is 0 Å². The Morgan fingerprint density at radius 1 is 0.947 bits per heavy atom. The Kier molecular flexibility index (Phi) is 6.90. The highest BCUT2D eigenvalue weighted by molar-refractivity contribution is 5.84. The molecule has 4 aromatic rings. The lowest BCUT2D eigenvalue weighted by molar-refractivity contribution is -0.130. The van der Waals surface area contributed by atoms with Crippen molar-refractivity contribution >= 4 is 23.1 Å². The van der Waals surface area contributed by atoms with Gasteiger partial charge < -0.3 is 19.9 Å². The quantitative estimate of drug-likeness (QED) is 0.360. The van der Waals surface area contributed by atoms with E-state index < -0.39 is 0 Å². The number of methoxy groups -OCH3 is 1. The summed E-state index contributed by atoms with van der Waals surface area (Å²) in [6.45, 7) is 3.99. The van der Waals surface area contributed by atoms with Gasteiger partial charge in [-0.25, -0.2) is 4.98 Å². The molecular weight excluding hydrogens is 474 g/mol. The maximum absolute atomic E-state index is 13.2. The molecule has 7 nitrogen and oxygen atoms in total. The highest BCUT2D eigenvalue weighted by atomic mass is 16.5. The first-order valence-corrected chi connectivity index (χ1v) is 13.7. The van der Waals surface area contributed by atoms with E-state index in [0.29, 0.717) is 5.92 Å². The van der Waals surface area contributed by atoms with Gasteiger partial charge in [0.15, 0.2) is 0 Å². The van der Waals surface area contributed by atoms with E-state index in [4.69, 9.17) is 9.72 Å². The number of anilines is 2. The molecule has 1 N–H and O–H groups in total. The van der Waals surface area contributed by atoms with Crippen LogP contribution in [0.25, 0.3) is 16.9 Å². The van der Waals surface area contributed by atoms with Crippen molar-refractivity contribution in [2.24, 2.45) is 0 Å². The lowest BCUT2D eigenvalue weighted by Crippen LogP contribution is -2.41. The van der Waals surface area contributed by atoms with Crippen LogP contribution in [0.5, 0.6) is 5.75 Å². The molecule has 0 spiro atoms. The Balaban J connectivity index is 1.15. The van der Waals surface area contributed by atoms with Gasteiger partial charge >= 0.3 is 0 Å². The SMILES string of the molecule is COc1ccccc1C1CCN(C(=O)CNc2c(-c3ccc(N4CCCC4)cc3)nc3ccccn23)CC1. The fourth-order valence-corrected chi connectivity index (χ4v) is 5.89. The molecule has 0 atom stereocenters. The number of amides is 1. The number of carbonyl (C=O) groups excluding carboxylic acids is 1. The van der Waals surface area contributed by atoms with Crippen molar-refractivity contribution < 1.29 is 9.53 Å². The zero-order valence-corrected chi connectivity index (χ0v) is 22.0. The molecule has 196 valence electrons. The number of hydrogen-bond donors (Lipinski definition) is 1. The van der Waals surface area contributed by atoms with E-state index in [2.05, 4.69) is 46.6 Å². The van der Waals surface area contributed by atoms with Crippen LogP contribution in [0.4, 0.5) is 11.5 Å². The van der Waals surface area contributed by atoms with Crippen LogP contribution in [0.2, 0.25) is 0 Å². The van der Waals surface area contributed by atoms with Gasteiger partial charge in [-0.2, -0.15) is 0 Å². The number of nitrogens with zero attached hydrogens (tertiary/aromatic N) is 4. The molecule has 0 unspecified atom stereocenters. The molecule has 1 amide bonds. The van der Waals surface area contributed by atoms with Crippen LogP contribution in [0.15, 0.2) is 72.9 Å². The number of imidazole rings is 1. The van der Waals surface area contributed by atoms with E-state index in [-0.39, 0.29) is 12.5 Å². The topological polar surface area (TPSA) is 62.1 Å². The van der Waals surface area contributed by atoms with Crippen molar-refractivity contribution in [2.45, 2.75) is 31.6 Å². The summed E-state index contributed by atoms with van der Waals surface area (Å²) < 4.78 is 7.60. The van der Waals surface area contributed by atoms with Crippen LogP contribution >= 0.6 is 0 Å². The third kappa shape index (κ3) is 4.80. The molecule has 2 fully saturated rings. The number of likely N-dealkylation sites (tertiary alicyclic amines) is 1. The predicted octanol–water partition coefficient (Wildman–Crippen LogP) is 5.43. The molecule has 38 heavy (non-hydrogen) atoms. The highest BCUT2D eigenvalue weighted by Gasteiger charge is 2.26. The maximum Gasteiger partial charge on any atom is 0.241 e. The largest absolute Gasteiger partial charge is 0.496 e. The second-order valence-corrected chi connectivity index (χ2v) is 10.2. The molecule has 2 aliphatic rings. The second kappa shape index (κ2) is 10.8. The first-order chi connectivity index (χ1) is 18.7. The molecule has 2 aliphatic heterocycles. The van der Waals surface area contributed by atoms with E-state index in [1.165, 1.54) is 24.1 Å². The first-order valence-electron chi connectivity index (χ1n) is 13.7. The number of para-hydroxylation sites is 1. The predicted molar refractivity (Wildman–Crippen MR) is 152 cm³/mol. The highest BCUT2D eigenvalue weighted by Crippen LogP contribution is 2.34. The summed E-state index contributed by atoms with van der Waals surface area (Å²) in [6, 6.07) is 22.9. The Labute approximate surface area is 224 Å². The van der Waals surface area contributed by atoms with E-state index in [0.717, 1.165) is 67.5 Å². The van der Waals surface area contributed by atoms with Gasteiger partial charge in [-0.3, -0.25) is 9.20 Å². The molecule has 0 radical (unpaired) electrons. The summed E-state index contributed by atoms with van der Waals surface area (Å²) in [5.74, 6) is 2.32. The number of pyridine rings is 1. The van der Waals surface area contributed by atoms with Crippen molar-refractivity contribution in [1.29, 1.82) is 0 Å². The van der Waals surface area contributed by atoms with Gasteiger partial charge in [-0.15, -0.1) is 0 Å². The van der Waals surface area contributed by atoms with E-state index in [1.807, 2.05) is 45.8 Å². The maximum atomic E-state index is 13.2. The summed E-state index contributed by atoms with van der Waals surface area (Å²) in [4.78, 5) is 22.6. The summed E-state index contributed by atoms with van der Waals surface area (Å²) >= 11 is 0. The molecule has 2 saturated heterocycles. The standard InChI is InChI=1S/C31H35N5O2/c1-38-27-9-3-2-8-26(27)23-15-20-35(21-16-23)29(37)22-32-31-30(33-28-10-4-5-19-36(28)31)24-11-13-25(14-12-24)34-17-6-7-18-34/h2-5,8-14,19,23,32H,6-7,15-18,20-22H2,1H3. The average molecular weight is 510 g/mol. The van der Waals surface area contributed by atoms with Gasteiger partial charge in [0.2, 0.25) is 5.91 Å². The molecule has 0 aliphatic carbocycles. The normalized spacial score (nSPS) is 16.2. The van der Waals surface area contributed by atoms with Crippen LogP contribution in [-0.2, 0) is 4.79 Å². The first kappa shape index (κ1) is 24.3. The fraction of sp³-hybridized carbons (Fsp3) is 0.355. The van der Waals surface area contributed by atoms with Gasteiger partial charge in [0.05, 0.1) is 13.7 Å². The van der Waals surface area contributed by atoms with Gasteiger partial charge in [-0.05, 0) is 67.5 Å². The summed E-state index contributed by atoms with van der Waals surface area (Å²) in [5.41, 5.74) is 5.28. The zero-order chi connectivity index (χ0) is 25.9. The Morgan fingerprint density at radius 2 is 1.68 bits per heavy atom. The number of aromatic nitrogens is 2. The third-order valence-corrected chi connectivity index (χ3v) is 7.98. The zero-order valence-electron chi connectivity index (χ0n) is 22.0. The summed E-state index contributed by atoms with van der Waals surface area (Å²) in [6.07, 6.45) is 6.39. The van der Waals surface area contributed by atoms with Crippen LogP contribution in [0.3, 0.4) is 0 Å². The molecule has 7 heteroatoms. The van der Waals surface area contributed by atoms with E-state index >= 15 is 0 Å². The molecule has 2 aromatic heterocycles. The molecular formula is C31H35N5O2. The van der Waals surface area contributed by atoms with Crippen LogP contribution in [0, 0.1) is 0 Å². The number of fused-ring (bicyclic) bond motifs is 1. The molecule has 0 bridgehead atoms. The minimum atomic E-state index is 0.115. The van der Waals surface area contributed by atoms with Crippen molar-refractivity contribution in [1.82, 2.24) is 14.3 Å². The van der Waals surface area contributed by atoms with Crippen molar-refractivity contribution in [2.75, 3.05) is 50.1 Å². The lowest BCUT2D eigenvalue weighted by Gasteiger charge is -2.33. The number of rotatable bonds is 7. The number of piperidine rings is 1. The van der Waals surface area contributed by atoms with Crippen LogP contribution in [0.1, 0.15) is 37.2 Å². The minimum absolute atomic E-state index is 0.115.